The van der Waals surface area contributed by atoms with Crippen molar-refractivity contribution in [1.82, 2.24) is 5.32 Å². The van der Waals surface area contributed by atoms with Gasteiger partial charge in [0.15, 0.2) is 0 Å². The zero-order chi connectivity index (χ0) is 20.5. The molecule has 0 spiro atoms. The van der Waals surface area contributed by atoms with Crippen LogP contribution < -0.4 is 14.8 Å². The van der Waals surface area contributed by atoms with Crippen molar-refractivity contribution in [3.63, 3.8) is 0 Å². The topological polar surface area (TPSA) is 47.6 Å². The first-order valence-electron chi connectivity index (χ1n) is 9.78. The molecule has 3 rings (SSSR count). The Bertz CT molecular complexity index is 870. The summed E-state index contributed by atoms with van der Waals surface area (Å²) in [6.07, 6.45) is 0.980. The Hall–Kier alpha value is -3.27. The molecule has 0 aliphatic rings. The normalized spacial score (nSPS) is 10.6. The van der Waals surface area contributed by atoms with Crippen molar-refractivity contribution in [2.75, 3.05) is 20.8 Å². The van der Waals surface area contributed by atoms with Gasteiger partial charge in [-0.3, -0.25) is 4.79 Å². The molecule has 1 amide bonds. The first kappa shape index (κ1) is 20.5. The number of benzene rings is 3. The zero-order valence-electron chi connectivity index (χ0n) is 16.9. The van der Waals surface area contributed by atoms with Gasteiger partial charge in [0.25, 0.3) is 0 Å². The lowest BCUT2D eigenvalue weighted by Crippen LogP contribution is -2.29. The summed E-state index contributed by atoms with van der Waals surface area (Å²) >= 11 is 0. The molecule has 4 nitrogen and oxygen atoms in total. The van der Waals surface area contributed by atoms with E-state index in [-0.39, 0.29) is 11.8 Å². The molecule has 29 heavy (non-hydrogen) atoms. The van der Waals surface area contributed by atoms with Crippen LogP contribution in [0.3, 0.4) is 0 Å². The molecule has 0 atom stereocenters. The number of aryl methyl sites for hydroxylation is 1. The van der Waals surface area contributed by atoms with Crippen LogP contribution >= 0.6 is 0 Å². The average molecular weight is 389 g/mol. The molecule has 0 saturated heterocycles. The van der Waals surface area contributed by atoms with E-state index < -0.39 is 0 Å². The summed E-state index contributed by atoms with van der Waals surface area (Å²) in [5, 5.41) is 3.11. The highest BCUT2D eigenvalue weighted by Crippen LogP contribution is 2.26. The van der Waals surface area contributed by atoms with E-state index in [1.54, 1.807) is 14.2 Å². The summed E-state index contributed by atoms with van der Waals surface area (Å²) in [4.78, 5) is 12.6. The van der Waals surface area contributed by atoms with Crippen molar-refractivity contribution in [2.45, 2.75) is 18.8 Å². The third-order valence-corrected chi connectivity index (χ3v) is 5.02. The van der Waals surface area contributed by atoms with Gasteiger partial charge in [-0.05, 0) is 41.3 Å². The van der Waals surface area contributed by atoms with E-state index in [9.17, 15) is 4.79 Å². The summed E-state index contributed by atoms with van der Waals surface area (Å²) < 4.78 is 10.7. The standard InChI is InChI=1S/C25H27NO3/c1-28-22-14-15-24(29-2)21(17-22)13-16-25(27)26-18-23(19-9-5-3-6-10-19)20-11-7-4-8-12-20/h3-12,14-15,17,23H,13,16,18H2,1-2H3,(H,26,27). The predicted octanol–water partition coefficient (Wildman–Crippen LogP) is 4.58. The van der Waals surface area contributed by atoms with E-state index in [4.69, 9.17) is 9.47 Å². The molecule has 3 aromatic rings. The Morgan fingerprint density at radius 1 is 0.862 bits per heavy atom. The fraction of sp³-hybridized carbons (Fsp3) is 0.240. The fourth-order valence-corrected chi connectivity index (χ4v) is 3.43. The smallest absolute Gasteiger partial charge is 0.220 e. The number of ether oxygens (including phenoxy) is 2. The van der Waals surface area contributed by atoms with Gasteiger partial charge >= 0.3 is 0 Å². The number of hydrogen-bond acceptors (Lipinski definition) is 3. The minimum atomic E-state index is 0.0201. The number of nitrogens with one attached hydrogen (secondary N) is 1. The van der Waals surface area contributed by atoms with E-state index in [1.807, 2.05) is 54.6 Å². The highest BCUT2D eigenvalue weighted by atomic mass is 16.5. The van der Waals surface area contributed by atoms with Crippen LogP contribution in [0, 0.1) is 0 Å². The Balaban J connectivity index is 1.64. The maximum atomic E-state index is 12.6. The lowest BCUT2D eigenvalue weighted by Gasteiger charge is -2.19. The quantitative estimate of drug-likeness (QED) is 0.582. The average Bonchev–Trinajstić information content (AvgIpc) is 2.79. The van der Waals surface area contributed by atoms with Crippen LogP contribution in [0.2, 0.25) is 0 Å². The van der Waals surface area contributed by atoms with Crippen LogP contribution in [0.1, 0.15) is 29.0 Å². The van der Waals surface area contributed by atoms with Crippen molar-refractivity contribution in [3.8, 4) is 11.5 Å². The highest BCUT2D eigenvalue weighted by Gasteiger charge is 2.15. The van der Waals surface area contributed by atoms with Crippen molar-refractivity contribution >= 4 is 5.91 Å². The van der Waals surface area contributed by atoms with Crippen LogP contribution in [0.4, 0.5) is 0 Å². The predicted molar refractivity (Wildman–Crippen MR) is 116 cm³/mol. The molecule has 0 aliphatic heterocycles. The van der Waals surface area contributed by atoms with Gasteiger partial charge in [0, 0.05) is 18.9 Å². The molecule has 0 heterocycles. The third kappa shape index (κ3) is 5.61. The van der Waals surface area contributed by atoms with Crippen LogP contribution in [0.15, 0.2) is 78.9 Å². The summed E-state index contributed by atoms with van der Waals surface area (Å²) in [6, 6.07) is 26.2. The molecule has 0 saturated carbocycles. The van der Waals surface area contributed by atoms with E-state index in [0.29, 0.717) is 19.4 Å². The van der Waals surface area contributed by atoms with E-state index in [0.717, 1.165) is 17.1 Å². The van der Waals surface area contributed by atoms with Crippen molar-refractivity contribution < 1.29 is 14.3 Å². The lowest BCUT2D eigenvalue weighted by atomic mass is 9.91. The summed E-state index contributed by atoms with van der Waals surface area (Å²) in [6.45, 7) is 0.558. The molecule has 0 unspecified atom stereocenters. The zero-order valence-corrected chi connectivity index (χ0v) is 16.9. The van der Waals surface area contributed by atoms with Gasteiger partial charge in [0.1, 0.15) is 11.5 Å². The van der Waals surface area contributed by atoms with Gasteiger partial charge in [-0.15, -0.1) is 0 Å². The summed E-state index contributed by atoms with van der Waals surface area (Å²) in [7, 11) is 3.27. The number of carbonyl (C=O) groups excluding carboxylic acids is 1. The first-order chi connectivity index (χ1) is 14.2. The molecule has 3 aromatic carbocycles. The minimum absolute atomic E-state index is 0.0201. The SMILES string of the molecule is COc1ccc(OC)c(CCC(=O)NCC(c2ccccc2)c2ccccc2)c1. The minimum Gasteiger partial charge on any atom is -0.497 e. The number of rotatable bonds is 9. The molecular weight excluding hydrogens is 362 g/mol. The maximum Gasteiger partial charge on any atom is 0.220 e. The molecule has 0 fully saturated rings. The van der Waals surface area contributed by atoms with Gasteiger partial charge in [0.05, 0.1) is 14.2 Å². The second kappa shape index (κ2) is 10.3. The molecule has 4 heteroatoms. The Kier molecular flexibility index (Phi) is 7.28. The van der Waals surface area contributed by atoms with E-state index >= 15 is 0 Å². The fourth-order valence-electron chi connectivity index (χ4n) is 3.43. The van der Waals surface area contributed by atoms with Crippen molar-refractivity contribution in [1.29, 1.82) is 0 Å². The van der Waals surface area contributed by atoms with Crippen LogP contribution in [0.5, 0.6) is 11.5 Å². The van der Waals surface area contributed by atoms with Gasteiger partial charge in [-0.25, -0.2) is 0 Å². The Labute approximate surface area is 172 Å². The molecule has 1 N–H and O–H groups in total. The van der Waals surface area contributed by atoms with E-state index in [1.165, 1.54) is 11.1 Å². The molecule has 0 radical (unpaired) electrons. The third-order valence-electron chi connectivity index (χ3n) is 5.02. The molecular formula is C25H27NO3. The van der Waals surface area contributed by atoms with Crippen LogP contribution in [0.25, 0.3) is 0 Å². The largest absolute Gasteiger partial charge is 0.497 e. The first-order valence-corrected chi connectivity index (χ1v) is 9.78. The Morgan fingerprint density at radius 2 is 1.48 bits per heavy atom. The van der Waals surface area contributed by atoms with Gasteiger partial charge in [-0.2, -0.15) is 0 Å². The second-order valence-corrected chi connectivity index (χ2v) is 6.86. The number of hydrogen-bond donors (Lipinski definition) is 1. The van der Waals surface area contributed by atoms with Crippen LogP contribution in [-0.4, -0.2) is 26.7 Å². The summed E-state index contributed by atoms with van der Waals surface area (Å²) in [5.74, 6) is 1.67. The maximum absolute atomic E-state index is 12.6. The number of carbonyl (C=O) groups is 1. The molecule has 0 aliphatic carbocycles. The second-order valence-electron chi connectivity index (χ2n) is 6.86. The van der Waals surface area contributed by atoms with E-state index in [2.05, 4.69) is 29.6 Å². The number of methoxy groups -OCH3 is 2. The lowest BCUT2D eigenvalue weighted by molar-refractivity contribution is -0.121. The van der Waals surface area contributed by atoms with Crippen LogP contribution in [-0.2, 0) is 11.2 Å². The van der Waals surface area contributed by atoms with Gasteiger partial charge in [-0.1, -0.05) is 60.7 Å². The van der Waals surface area contributed by atoms with Crippen molar-refractivity contribution in [3.05, 3.63) is 95.6 Å². The van der Waals surface area contributed by atoms with Crippen molar-refractivity contribution in [2.24, 2.45) is 0 Å². The molecule has 150 valence electrons. The highest BCUT2D eigenvalue weighted by molar-refractivity contribution is 5.76. The molecule has 0 bridgehead atoms. The molecule has 0 aromatic heterocycles. The monoisotopic (exact) mass is 389 g/mol. The van der Waals surface area contributed by atoms with Gasteiger partial charge in [0.2, 0.25) is 5.91 Å². The summed E-state index contributed by atoms with van der Waals surface area (Å²) in [5.41, 5.74) is 3.34. The Morgan fingerprint density at radius 3 is 2.03 bits per heavy atom. The number of amides is 1. The van der Waals surface area contributed by atoms with Gasteiger partial charge < -0.3 is 14.8 Å².